The average Bonchev–Trinajstić information content (AvgIpc) is 1.67. The summed E-state index contributed by atoms with van der Waals surface area (Å²) in [4.78, 5) is 74.6. The standard InChI is InChI=1S/C42H47ClN8O3.C37H39ClN8O.2ClH/c1-29-45-16-19-50(29)28-33-24-32-6-5-15-46-38(32)39(36-12-9-34(43)25-37(33)36)47-20-22-48(23-21-47)40(52)51(35-10-7-30(26-44)8-11-35)27-31-13-17-49(18-14-31)41(53)54-42(2,3)4;1-26-41-15-16-45(26)25-30-21-29-3-2-12-42-35(29)36(33-9-6-31(38)22-34(30)33)43-17-19-44(20-18-43)37(47)46(24-28-10-13-40-14-11-28)32-7-4-27(23-39)5-8-32;;/h5-12,15-16,19,24-25,31,39H,13-14,17-18,20-23,27-28H2,1-4H3;2-9,12,15-16,21-22,28,36,40H,10-11,13-14,17-20,24-25H2,1H3;2*1H. The van der Waals surface area contributed by atoms with E-state index in [-0.39, 0.29) is 61.0 Å². The average molecular weight is 1470 g/mol. The number of hydrogen-bond donors (Lipinski definition) is 1. The molecule has 5 amide bonds. The molecule has 4 aliphatic heterocycles. The minimum atomic E-state index is -0.552. The molecule has 24 heteroatoms. The number of nitriles is 2. The summed E-state index contributed by atoms with van der Waals surface area (Å²) in [6.45, 7) is 20.3. The third-order valence-electron chi connectivity index (χ3n) is 20.3. The molecule has 4 saturated heterocycles. The number of urea groups is 2. The Hall–Kier alpha value is -9.09. The molecule has 6 aliphatic rings. The van der Waals surface area contributed by atoms with Gasteiger partial charge >= 0.3 is 18.2 Å². The molecule has 0 radical (unpaired) electrons. The van der Waals surface area contributed by atoms with E-state index in [2.05, 4.69) is 94.9 Å². The van der Waals surface area contributed by atoms with E-state index in [0.29, 0.717) is 119 Å². The molecule has 1 N–H and O–H groups in total. The number of carbonyl (C=O) groups is 3. The second kappa shape index (κ2) is 33.6. The molecule has 0 saturated carbocycles. The lowest BCUT2D eigenvalue weighted by molar-refractivity contribution is 0.0186. The van der Waals surface area contributed by atoms with Gasteiger partial charge in [0.05, 0.1) is 46.7 Å². The summed E-state index contributed by atoms with van der Waals surface area (Å²) in [7, 11) is 0. The lowest BCUT2D eigenvalue weighted by Gasteiger charge is -2.42. The molecule has 14 rings (SSSR count). The zero-order valence-electron chi connectivity index (χ0n) is 58.9. The van der Waals surface area contributed by atoms with Gasteiger partial charge in [-0.15, -0.1) is 24.8 Å². The van der Waals surface area contributed by atoms with Crippen LogP contribution >= 0.6 is 48.0 Å². The fourth-order valence-corrected chi connectivity index (χ4v) is 15.2. The van der Waals surface area contributed by atoms with Crippen LogP contribution < -0.4 is 15.1 Å². The first-order valence-corrected chi connectivity index (χ1v) is 35.9. The fourth-order valence-electron chi connectivity index (χ4n) is 14.9. The molecule has 4 aromatic carbocycles. The Bertz CT molecular complexity index is 4450. The number of ether oxygens (including phenoxy) is 1. The monoisotopic (exact) mass is 1460 g/mol. The normalized spacial score (nSPS) is 17.8. The van der Waals surface area contributed by atoms with Crippen LogP contribution in [-0.4, -0.2) is 169 Å². The summed E-state index contributed by atoms with van der Waals surface area (Å²) in [5.74, 6) is 2.53. The van der Waals surface area contributed by atoms with E-state index >= 15 is 0 Å². The van der Waals surface area contributed by atoms with E-state index in [9.17, 15) is 24.9 Å². The van der Waals surface area contributed by atoms with Crippen molar-refractivity contribution in [3.05, 3.63) is 224 Å². The van der Waals surface area contributed by atoms with Crippen LogP contribution in [0.2, 0.25) is 10.0 Å². The number of carbonyl (C=O) groups excluding carboxylic acids is 3. The number of imidazole rings is 2. The quantitative estimate of drug-likeness (QED) is 0.121. The molecule has 2 atom stereocenters. The number of rotatable bonds is 12. The Labute approximate surface area is 626 Å². The predicted molar refractivity (Wildman–Crippen MR) is 409 cm³/mol. The van der Waals surface area contributed by atoms with Crippen LogP contribution in [0.5, 0.6) is 0 Å². The van der Waals surface area contributed by atoms with Crippen LogP contribution in [0.15, 0.2) is 146 Å². The lowest BCUT2D eigenvalue weighted by Crippen LogP contribution is -2.55. The topological polar surface area (TPSA) is 204 Å². The minimum Gasteiger partial charge on any atom is -0.444 e. The maximum Gasteiger partial charge on any atom is 0.410 e. The number of piperazine rings is 2. The third-order valence-corrected chi connectivity index (χ3v) is 20.8. The minimum absolute atomic E-state index is 0. The molecule has 8 aromatic rings. The molecule has 2 aliphatic carbocycles. The zero-order chi connectivity index (χ0) is 70.3. The van der Waals surface area contributed by atoms with Crippen LogP contribution in [0, 0.1) is 48.3 Å². The molecule has 4 fully saturated rings. The number of likely N-dealkylation sites (tertiary alicyclic amines) is 1. The van der Waals surface area contributed by atoms with Crippen molar-refractivity contribution in [2.75, 3.05) is 101 Å². The van der Waals surface area contributed by atoms with E-state index in [1.54, 1.807) is 29.2 Å². The van der Waals surface area contributed by atoms with Crippen LogP contribution in [0.1, 0.15) is 126 Å². The molecule has 8 heterocycles. The molecular weight excluding hydrogens is 1380 g/mol. The van der Waals surface area contributed by atoms with Gasteiger partial charge in [0.25, 0.3) is 0 Å². The van der Waals surface area contributed by atoms with E-state index in [0.717, 1.165) is 112 Å². The number of allylic oxidation sites excluding steroid dienone is 2. The Morgan fingerprint density at radius 2 is 0.961 bits per heavy atom. The molecule has 0 bridgehead atoms. The van der Waals surface area contributed by atoms with Crippen LogP contribution in [0.4, 0.5) is 25.8 Å². The molecular formula is C79H88Cl4N16O4. The van der Waals surface area contributed by atoms with Crippen molar-refractivity contribution >= 4 is 101 Å². The van der Waals surface area contributed by atoms with Crippen molar-refractivity contribution in [1.82, 2.24) is 58.9 Å². The van der Waals surface area contributed by atoms with Crippen LogP contribution in [0.25, 0.3) is 23.3 Å². The molecule has 2 unspecified atom stereocenters. The predicted octanol–water partition coefficient (Wildman–Crippen LogP) is 14.5. The first kappa shape index (κ1) is 75.1. The SMILES string of the molecule is Cc1nccn1CC1=Cc2cccnc2C(N2CCN(C(=O)N(CC3CCN(C(=O)OC(C)(C)C)CC3)c3ccc(C#N)cc3)CC2)c2ccc(Cl)cc21.Cc1nccn1CC1=Cc2cccnc2C(N2CCN(C(=O)N(CC3CCNCC3)c3ccc(C#N)cc3)CC2)c2ccc(Cl)cc21.Cl.Cl. The number of hydrogen-bond acceptors (Lipinski definition) is 13. The van der Waals surface area contributed by atoms with Gasteiger partial charge in [0.15, 0.2) is 0 Å². The Kier molecular flexibility index (Phi) is 24.5. The number of amides is 5. The van der Waals surface area contributed by atoms with Crippen LogP contribution in [0.3, 0.4) is 0 Å². The van der Waals surface area contributed by atoms with E-state index in [1.807, 2.05) is 140 Å². The van der Waals surface area contributed by atoms with Crippen molar-refractivity contribution < 1.29 is 19.1 Å². The summed E-state index contributed by atoms with van der Waals surface area (Å²) < 4.78 is 9.90. The number of pyridine rings is 2. The van der Waals surface area contributed by atoms with Gasteiger partial charge in [0.1, 0.15) is 17.2 Å². The highest BCUT2D eigenvalue weighted by Gasteiger charge is 2.39. The highest BCUT2D eigenvalue weighted by atomic mass is 35.5. The number of aryl methyl sites for hydroxylation is 2. The second-order valence-corrected chi connectivity index (χ2v) is 28.9. The Morgan fingerprint density at radius 3 is 1.35 bits per heavy atom. The summed E-state index contributed by atoms with van der Waals surface area (Å²) in [5.41, 5.74) is 13.1. The second-order valence-electron chi connectivity index (χ2n) is 28.0. The van der Waals surface area contributed by atoms with Crippen LogP contribution in [-0.2, 0) is 17.8 Å². The number of benzene rings is 4. The van der Waals surface area contributed by atoms with Crippen molar-refractivity contribution in [2.24, 2.45) is 11.8 Å². The first-order valence-electron chi connectivity index (χ1n) is 35.1. The smallest absolute Gasteiger partial charge is 0.410 e. The van der Waals surface area contributed by atoms with Gasteiger partial charge in [-0.2, -0.15) is 10.5 Å². The van der Waals surface area contributed by atoms with Gasteiger partial charge in [0.2, 0.25) is 0 Å². The summed E-state index contributed by atoms with van der Waals surface area (Å²) in [5, 5.41) is 23.6. The number of nitrogens with one attached hydrogen (secondary N) is 1. The largest absolute Gasteiger partial charge is 0.444 e. The van der Waals surface area contributed by atoms with E-state index < -0.39 is 5.60 Å². The van der Waals surface area contributed by atoms with Crippen molar-refractivity contribution in [3.63, 3.8) is 0 Å². The molecule has 103 heavy (non-hydrogen) atoms. The first-order chi connectivity index (χ1) is 48.9. The fraction of sp³-hybridized carbons (Fsp3) is 0.380. The van der Waals surface area contributed by atoms with Gasteiger partial charge < -0.3 is 33.9 Å². The summed E-state index contributed by atoms with van der Waals surface area (Å²) >= 11 is 13.3. The Balaban J connectivity index is 0.000000204. The zero-order valence-corrected chi connectivity index (χ0v) is 62.0. The number of anilines is 2. The van der Waals surface area contributed by atoms with Crippen molar-refractivity contribution in [3.8, 4) is 12.1 Å². The Morgan fingerprint density at radius 1 is 0.544 bits per heavy atom. The van der Waals surface area contributed by atoms with Gasteiger partial charge in [-0.25, -0.2) is 24.4 Å². The number of fused-ring (bicyclic) bond motifs is 4. The van der Waals surface area contributed by atoms with Crippen molar-refractivity contribution in [1.29, 1.82) is 10.5 Å². The lowest BCUT2D eigenvalue weighted by atomic mass is 9.93. The maximum atomic E-state index is 14.5. The van der Waals surface area contributed by atoms with Gasteiger partial charge in [-0.05, 0) is 227 Å². The maximum absolute atomic E-state index is 14.5. The van der Waals surface area contributed by atoms with Gasteiger partial charge in [-0.3, -0.25) is 29.6 Å². The van der Waals surface area contributed by atoms with Crippen molar-refractivity contribution in [2.45, 2.75) is 91.1 Å². The van der Waals surface area contributed by atoms with Gasteiger partial charge in [0, 0.05) is 150 Å². The molecule has 536 valence electrons. The highest BCUT2D eigenvalue weighted by Crippen LogP contribution is 2.44. The number of aromatic nitrogens is 6. The molecule has 20 nitrogen and oxygen atoms in total. The summed E-state index contributed by atoms with van der Waals surface area (Å²) in [6.07, 6.45) is 19.2. The number of nitrogens with zero attached hydrogens (tertiary/aromatic N) is 15. The van der Waals surface area contributed by atoms with Gasteiger partial charge in [-0.1, -0.05) is 47.5 Å². The third kappa shape index (κ3) is 17.4. The van der Waals surface area contributed by atoms with E-state index in [4.69, 9.17) is 37.9 Å². The summed E-state index contributed by atoms with van der Waals surface area (Å²) in [6, 6.07) is 39.3. The number of piperidine rings is 2. The number of halogens is 4. The van der Waals surface area contributed by atoms with E-state index in [1.165, 1.54) is 5.56 Å². The highest BCUT2D eigenvalue weighted by molar-refractivity contribution is 6.31. The molecule has 0 spiro atoms. The molecule has 4 aromatic heterocycles.